The molecular weight excluding hydrogens is 186 g/mol. The average Bonchev–Trinajstić information content (AvgIpc) is 2.61. The third-order valence-electron chi connectivity index (χ3n) is 2.77. The van der Waals surface area contributed by atoms with Crippen LogP contribution in [0.4, 0.5) is 5.69 Å². The molecule has 1 heterocycles. The molecule has 1 aromatic rings. The molecule has 0 aliphatic carbocycles. The minimum atomic E-state index is 0.0818. The molecule has 0 unspecified atom stereocenters. The van der Waals surface area contributed by atoms with Crippen LogP contribution in [0.15, 0.2) is 12.1 Å². The van der Waals surface area contributed by atoms with Gasteiger partial charge in [0.25, 0.3) is 0 Å². The molecule has 1 aliphatic rings. The van der Waals surface area contributed by atoms with Crippen LogP contribution >= 0.6 is 0 Å². The van der Waals surface area contributed by atoms with Gasteiger partial charge in [0.15, 0.2) is 5.69 Å². The van der Waals surface area contributed by atoms with E-state index in [9.17, 15) is 0 Å². The summed E-state index contributed by atoms with van der Waals surface area (Å²) in [6, 6.07) is 3.95. The molecule has 0 fully saturated rings. The van der Waals surface area contributed by atoms with Gasteiger partial charge in [-0.2, -0.15) is 0 Å². The van der Waals surface area contributed by atoms with Crippen LogP contribution in [0.2, 0.25) is 0 Å². The lowest BCUT2D eigenvalue weighted by Crippen LogP contribution is -2.14. The molecule has 2 heteroatoms. The Hall–Kier alpha value is -1.33. The smallest absolute Gasteiger partial charge is 0.187 e. The van der Waals surface area contributed by atoms with Gasteiger partial charge in [0.05, 0.1) is 19.8 Å². The van der Waals surface area contributed by atoms with Crippen molar-refractivity contribution in [1.82, 2.24) is 0 Å². The van der Waals surface area contributed by atoms with Crippen molar-refractivity contribution in [2.45, 2.75) is 39.4 Å². The van der Waals surface area contributed by atoms with Gasteiger partial charge in [0.2, 0.25) is 0 Å². The number of fused-ring (bicyclic) bond motifs is 1. The normalized spacial score (nSPS) is 14.8. The van der Waals surface area contributed by atoms with E-state index in [1.807, 2.05) is 12.1 Å². The van der Waals surface area contributed by atoms with Crippen LogP contribution in [0, 0.1) is 6.57 Å². The van der Waals surface area contributed by atoms with Crippen LogP contribution in [-0.4, -0.2) is 0 Å². The minimum absolute atomic E-state index is 0.0818. The first kappa shape index (κ1) is 10.2. The molecule has 0 atom stereocenters. The number of ether oxygens (including phenoxy) is 1. The van der Waals surface area contributed by atoms with Crippen LogP contribution in [-0.2, 0) is 23.4 Å². The number of hydrogen-bond donors (Lipinski definition) is 0. The summed E-state index contributed by atoms with van der Waals surface area (Å²) < 4.78 is 5.45. The molecule has 1 aromatic carbocycles. The Morgan fingerprint density at radius 3 is 2.60 bits per heavy atom. The Balaban J connectivity index is 2.64. The van der Waals surface area contributed by atoms with Gasteiger partial charge in [-0.25, -0.2) is 4.85 Å². The summed E-state index contributed by atoms with van der Waals surface area (Å²) in [7, 11) is 0. The Morgan fingerprint density at radius 1 is 1.27 bits per heavy atom. The maximum Gasteiger partial charge on any atom is 0.187 e. The van der Waals surface area contributed by atoms with Gasteiger partial charge >= 0.3 is 0 Å². The third kappa shape index (κ3) is 1.75. The molecular formula is C13H15NO. The van der Waals surface area contributed by atoms with Crippen molar-refractivity contribution in [3.05, 3.63) is 40.2 Å². The largest absolute Gasteiger partial charge is 0.372 e. The average molecular weight is 201 g/mol. The molecule has 0 spiro atoms. The number of nitrogens with zero attached hydrogens (tertiary/aromatic N) is 1. The highest BCUT2D eigenvalue weighted by molar-refractivity contribution is 5.55. The van der Waals surface area contributed by atoms with Crippen molar-refractivity contribution in [3.63, 3.8) is 0 Å². The van der Waals surface area contributed by atoms with Crippen molar-refractivity contribution in [2.75, 3.05) is 0 Å². The number of rotatable bonds is 0. The maximum atomic E-state index is 7.09. The van der Waals surface area contributed by atoms with Crippen molar-refractivity contribution < 1.29 is 4.74 Å². The molecule has 1 aliphatic heterocycles. The SMILES string of the molecule is [C-]#[N+]c1cc2c(c(C(C)(C)C)c1)COC2. The fraction of sp³-hybridized carbons (Fsp3) is 0.462. The summed E-state index contributed by atoms with van der Waals surface area (Å²) in [5.41, 5.74) is 4.54. The second-order valence-corrected chi connectivity index (χ2v) is 4.99. The lowest BCUT2D eigenvalue weighted by molar-refractivity contribution is 0.134. The van der Waals surface area contributed by atoms with E-state index in [0.717, 1.165) is 5.69 Å². The highest BCUT2D eigenvalue weighted by Gasteiger charge is 2.24. The molecule has 2 rings (SSSR count). The summed E-state index contributed by atoms with van der Waals surface area (Å²) in [6.07, 6.45) is 0. The quantitative estimate of drug-likeness (QED) is 0.585. The first-order chi connectivity index (χ1) is 7.02. The Bertz CT molecular complexity index is 435. The van der Waals surface area contributed by atoms with E-state index in [0.29, 0.717) is 13.2 Å². The molecule has 0 amide bonds. The van der Waals surface area contributed by atoms with E-state index in [1.54, 1.807) is 0 Å². The topological polar surface area (TPSA) is 13.6 Å². The molecule has 0 bridgehead atoms. The van der Waals surface area contributed by atoms with Gasteiger partial charge in [-0.05, 0) is 22.1 Å². The fourth-order valence-electron chi connectivity index (χ4n) is 2.01. The third-order valence-corrected chi connectivity index (χ3v) is 2.77. The number of benzene rings is 1. The molecule has 0 radical (unpaired) electrons. The maximum absolute atomic E-state index is 7.09. The second-order valence-electron chi connectivity index (χ2n) is 4.99. The lowest BCUT2D eigenvalue weighted by atomic mass is 9.82. The van der Waals surface area contributed by atoms with Crippen molar-refractivity contribution >= 4 is 5.69 Å². The van der Waals surface area contributed by atoms with E-state index in [-0.39, 0.29) is 5.41 Å². The van der Waals surface area contributed by atoms with E-state index in [2.05, 4.69) is 25.6 Å². The zero-order chi connectivity index (χ0) is 11.1. The first-order valence-corrected chi connectivity index (χ1v) is 5.14. The Labute approximate surface area is 90.7 Å². The van der Waals surface area contributed by atoms with E-state index in [1.165, 1.54) is 16.7 Å². The Kier molecular flexibility index (Phi) is 2.28. The summed E-state index contributed by atoms with van der Waals surface area (Å²) >= 11 is 0. The Morgan fingerprint density at radius 2 is 2.00 bits per heavy atom. The van der Waals surface area contributed by atoms with Crippen LogP contribution in [0.25, 0.3) is 4.85 Å². The van der Waals surface area contributed by atoms with Crippen LogP contribution < -0.4 is 0 Å². The molecule has 0 saturated heterocycles. The molecule has 2 nitrogen and oxygen atoms in total. The predicted molar refractivity (Wildman–Crippen MR) is 59.9 cm³/mol. The molecule has 0 saturated carbocycles. The zero-order valence-corrected chi connectivity index (χ0v) is 9.42. The summed E-state index contributed by atoms with van der Waals surface area (Å²) in [5.74, 6) is 0. The highest BCUT2D eigenvalue weighted by atomic mass is 16.5. The fourth-order valence-corrected chi connectivity index (χ4v) is 2.01. The molecule has 15 heavy (non-hydrogen) atoms. The van der Waals surface area contributed by atoms with Gasteiger partial charge < -0.3 is 4.74 Å². The van der Waals surface area contributed by atoms with Gasteiger partial charge in [0.1, 0.15) is 0 Å². The summed E-state index contributed by atoms with van der Waals surface area (Å²) in [5, 5.41) is 0. The number of hydrogen-bond acceptors (Lipinski definition) is 1. The van der Waals surface area contributed by atoms with Gasteiger partial charge in [-0.15, -0.1) is 0 Å². The van der Waals surface area contributed by atoms with Crippen LogP contribution in [0.1, 0.15) is 37.5 Å². The molecule has 0 N–H and O–H groups in total. The van der Waals surface area contributed by atoms with Crippen molar-refractivity contribution in [1.29, 1.82) is 0 Å². The van der Waals surface area contributed by atoms with Gasteiger partial charge in [-0.1, -0.05) is 32.9 Å². The first-order valence-electron chi connectivity index (χ1n) is 5.14. The predicted octanol–water partition coefficient (Wildman–Crippen LogP) is 3.57. The highest BCUT2D eigenvalue weighted by Crippen LogP contribution is 2.35. The monoisotopic (exact) mass is 201 g/mol. The summed E-state index contributed by atoms with van der Waals surface area (Å²) in [4.78, 5) is 3.52. The van der Waals surface area contributed by atoms with Crippen molar-refractivity contribution in [3.8, 4) is 0 Å². The van der Waals surface area contributed by atoms with E-state index < -0.39 is 0 Å². The molecule has 78 valence electrons. The second kappa shape index (κ2) is 3.36. The standard InChI is InChI=1S/C13H15NO/c1-13(2,3)12-6-10(14-4)5-9-7-15-8-11(9)12/h5-6H,7-8H2,1-3H3. The van der Waals surface area contributed by atoms with Crippen LogP contribution in [0.5, 0.6) is 0 Å². The minimum Gasteiger partial charge on any atom is -0.372 e. The van der Waals surface area contributed by atoms with Crippen molar-refractivity contribution in [2.24, 2.45) is 0 Å². The van der Waals surface area contributed by atoms with Gasteiger partial charge in [0, 0.05) is 0 Å². The zero-order valence-electron chi connectivity index (χ0n) is 9.42. The van der Waals surface area contributed by atoms with E-state index >= 15 is 0 Å². The summed E-state index contributed by atoms with van der Waals surface area (Å²) in [6.45, 7) is 15.0. The lowest BCUT2D eigenvalue weighted by Gasteiger charge is -2.22. The van der Waals surface area contributed by atoms with Crippen LogP contribution in [0.3, 0.4) is 0 Å². The van der Waals surface area contributed by atoms with Gasteiger partial charge in [-0.3, -0.25) is 0 Å². The molecule has 0 aromatic heterocycles. The van der Waals surface area contributed by atoms with E-state index in [4.69, 9.17) is 11.3 Å².